The molecule has 208 valence electrons. The number of pyridine rings is 1. The van der Waals surface area contributed by atoms with Crippen LogP contribution in [0.15, 0.2) is 66.4 Å². The standard InChI is InChI=1S/C25H22F4N8O2S/c1-13-34-20-19(21(39-3)14-4-6-15(26)7-5-14)17(12-30-22(20)40-13)36-23(38)35-16-10-18(25(27,28)29)24(2,31-11-16)37-32-8-9-33-37/h4-12,21,31H,1-3H3,(H2,35,36,38). The van der Waals surface area contributed by atoms with Crippen LogP contribution < -0.4 is 16.0 Å². The Morgan fingerprint density at radius 3 is 2.52 bits per heavy atom. The molecule has 2 atom stereocenters. The highest BCUT2D eigenvalue weighted by molar-refractivity contribution is 7.18. The van der Waals surface area contributed by atoms with Crippen molar-refractivity contribution >= 4 is 33.4 Å². The molecule has 2 amide bonds. The third-order valence-electron chi connectivity index (χ3n) is 6.21. The van der Waals surface area contributed by atoms with Crippen molar-refractivity contribution in [3.8, 4) is 0 Å². The maximum absolute atomic E-state index is 14.0. The van der Waals surface area contributed by atoms with Crippen LogP contribution in [0.1, 0.15) is 29.2 Å². The van der Waals surface area contributed by atoms with E-state index in [9.17, 15) is 22.4 Å². The van der Waals surface area contributed by atoms with Crippen LogP contribution in [0.4, 0.5) is 28.0 Å². The number of benzene rings is 1. The second kappa shape index (κ2) is 10.3. The van der Waals surface area contributed by atoms with Gasteiger partial charge in [0.2, 0.25) is 0 Å². The molecule has 2 unspecified atom stereocenters. The lowest BCUT2D eigenvalue weighted by Gasteiger charge is -2.35. The molecule has 3 aromatic heterocycles. The van der Waals surface area contributed by atoms with E-state index in [0.29, 0.717) is 21.5 Å². The predicted octanol–water partition coefficient (Wildman–Crippen LogP) is 4.89. The van der Waals surface area contributed by atoms with Crippen molar-refractivity contribution in [3.63, 3.8) is 0 Å². The van der Waals surface area contributed by atoms with Gasteiger partial charge >= 0.3 is 12.2 Å². The summed E-state index contributed by atoms with van der Waals surface area (Å²) in [6.45, 7) is 3.07. The number of halogens is 4. The monoisotopic (exact) mass is 574 g/mol. The fraction of sp³-hybridized carbons (Fsp3) is 0.240. The fourth-order valence-electron chi connectivity index (χ4n) is 4.38. The Balaban J connectivity index is 1.46. The van der Waals surface area contributed by atoms with E-state index in [-0.39, 0.29) is 11.4 Å². The molecule has 0 fully saturated rings. The molecule has 5 rings (SSSR count). The highest BCUT2D eigenvalue weighted by atomic mass is 32.1. The number of dihydropyridines is 1. The van der Waals surface area contributed by atoms with Crippen LogP contribution in [0.2, 0.25) is 0 Å². The number of alkyl halides is 3. The number of aromatic nitrogens is 5. The molecule has 1 aliphatic rings. The number of fused-ring (bicyclic) bond motifs is 1. The molecule has 0 radical (unpaired) electrons. The SMILES string of the molecule is COC(c1ccc(F)cc1)c1c(NC(=O)NC2=CNC(C)(n3nccn3)C(C(F)(F)F)=C2)cnc2sc(C)nc12. The van der Waals surface area contributed by atoms with Gasteiger partial charge in [0.25, 0.3) is 0 Å². The number of aryl methyl sites for hydroxylation is 1. The summed E-state index contributed by atoms with van der Waals surface area (Å²) in [6.07, 6.45) is 0.434. The summed E-state index contributed by atoms with van der Waals surface area (Å²) in [5, 5.41) is 16.1. The van der Waals surface area contributed by atoms with E-state index in [1.807, 2.05) is 0 Å². The first kappa shape index (κ1) is 27.2. The van der Waals surface area contributed by atoms with Crippen LogP contribution in [-0.2, 0) is 10.4 Å². The largest absolute Gasteiger partial charge is 0.416 e. The minimum absolute atomic E-state index is 0.156. The Morgan fingerprint density at radius 1 is 1.18 bits per heavy atom. The van der Waals surface area contributed by atoms with Crippen LogP contribution in [-0.4, -0.2) is 44.3 Å². The van der Waals surface area contributed by atoms with E-state index in [2.05, 4.69) is 36.1 Å². The van der Waals surface area contributed by atoms with Gasteiger partial charge in [-0.15, -0.1) is 0 Å². The van der Waals surface area contributed by atoms with Gasteiger partial charge in [-0.1, -0.05) is 23.5 Å². The van der Waals surface area contributed by atoms with Crippen LogP contribution in [0.25, 0.3) is 10.3 Å². The second-order valence-corrected chi connectivity index (χ2v) is 10.1. The molecule has 0 aliphatic carbocycles. The number of amides is 2. The summed E-state index contributed by atoms with van der Waals surface area (Å²) in [6, 6.07) is 4.82. The van der Waals surface area contributed by atoms with E-state index < -0.39 is 35.4 Å². The van der Waals surface area contributed by atoms with Gasteiger partial charge < -0.3 is 20.7 Å². The van der Waals surface area contributed by atoms with E-state index in [1.165, 1.54) is 62.3 Å². The first-order chi connectivity index (χ1) is 19.0. The molecular formula is C25H22F4N8O2S. The fourth-order valence-corrected chi connectivity index (χ4v) is 5.16. The van der Waals surface area contributed by atoms with Gasteiger partial charge in [-0.05, 0) is 37.6 Å². The summed E-state index contributed by atoms with van der Waals surface area (Å²) in [5.41, 5.74) is -1.29. The number of ether oxygens (including phenoxy) is 1. The number of nitrogens with zero attached hydrogens (tertiary/aromatic N) is 5. The lowest BCUT2D eigenvalue weighted by Crippen LogP contribution is -2.51. The molecule has 3 N–H and O–H groups in total. The highest BCUT2D eigenvalue weighted by Gasteiger charge is 2.49. The average Bonchev–Trinajstić information content (AvgIpc) is 3.57. The zero-order valence-corrected chi connectivity index (χ0v) is 22.1. The summed E-state index contributed by atoms with van der Waals surface area (Å²) >= 11 is 1.34. The number of carbonyl (C=O) groups is 1. The third kappa shape index (κ3) is 5.12. The zero-order valence-electron chi connectivity index (χ0n) is 21.2. The Morgan fingerprint density at radius 2 is 1.88 bits per heavy atom. The molecule has 10 nitrogen and oxygen atoms in total. The number of thiazole rings is 1. The molecule has 1 aliphatic heterocycles. The minimum Gasteiger partial charge on any atom is -0.372 e. The number of allylic oxidation sites excluding steroid dienone is 1. The van der Waals surface area contributed by atoms with E-state index in [0.717, 1.165) is 15.9 Å². The van der Waals surface area contributed by atoms with Gasteiger partial charge in [0.1, 0.15) is 22.3 Å². The summed E-state index contributed by atoms with van der Waals surface area (Å²) in [7, 11) is 1.46. The van der Waals surface area contributed by atoms with Crippen molar-refractivity contribution in [1.82, 2.24) is 35.6 Å². The van der Waals surface area contributed by atoms with Crippen molar-refractivity contribution in [1.29, 1.82) is 0 Å². The first-order valence-corrected chi connectivity index (χ1v) is 12.6. The topological polar surface area (TPSA) is 119 Å². The lowest BCUT2D eigenvalue weighted by molar-refractivity contribution is -0.109. The quantitative estimate of drug-likeness (QED) is 0.281. The van der Waals surface area contributed by atoms with Crippen LogP contribution in [0, 0.1) is 12.7 Å². The number of methoxy groups -OCH3 is 1. The van der Waals surface area contributed by atoms with Gasteiger partial charge in [-0.2, -0.15) is 28.2 Å². The van der Waals surface area contributed by atoms with Gasteiger partial charge in [0.15, 0.2) is 5.66 Å². The lowest BCUT2D eigenvalue weighted by atomic mass is 9.97. The van der Waals surface area contributed by atoms with Gasteiger partial charge in [-0.25, -0.2) is 19.2 Å². The van der Waals surface area contributed by atoms with Gasteiger partial charge in [-0.3, -0.25) is 0 Å². The third-order valence-corrected chi connectivity index (χ3v) is 7.09. The summed E-state index contributed by atoms with van der Waals surface area (Å²) < 4.78 is 61.4. The summed E-state index contributed by atoms with van der Waals surface area (Å²) in [5.74, 6) is -0.430. The number of hydrogen-bond acceptors (Lipinski definition) is 8. The zero-order chi connectivity index (χ0) is 28.7. The molecule has 15 heteroatoms. The number of carbonyl (C=O) groups excluding carboxylic acids is 1. The van der Waals surface area contributed by atoms with Crippen molar-refractivity contribution in [2.75, 3.05) is 12.4 Å². The maximum Gasteiger partial charge on any atom is 0.416 e. The first-order valence-electron chi connectivity index (χ1n) is 11.8. The summed E-state index contributed by atoms with van der Waals surface area (Å²) in [4.78, 5) is 23.4. The maximum atomic E-state index is 14.0. The van der Waals surface area contributed by atoms with Crippen molar-refractivity contribution < 1.29 is 27.1 Å². The molecule has 1 aromatic carbocycles. The van der Waals surface area contributed by atoms with E-state index in [4.69, 9.17) is 4.74 Å². The van der Waals surface area contributed by atoms with Crippen molar-refractivity contribution in [2.45, 2.75) is 31.8 Å². The van der Waals surface area contributed by atoms with E-state index >= 15 is 0 Å². The van der Waals surface area contributed by atoms with Crippen LogP contribution in [0.5, 0.6) is 0 Å². The average molecular weight is 575 g/mol. The minimum atomic E-state index is -4.77. The van der Waals surface area contributed by atoms with Gasteiger partial charge in [0, 0.05) is 18.9 Å². The Kier molecular flexibility index (Phi) is 7.01. The molecule has 4 aromatic rings. The van der Waals surface area contributed by atoms with Gasteiger partial charge in [0.05, 0.1) is 40.6 Å². The Hall–Kier alpha value is -4.37. The molecule has 0 bridgehead atoms. The Labute approximate surface area is 228 Å². The van der Waals surface area contributed by atoms with Crippen molar-refractivity contribution in [2.24, 2.45) is 0 Å². The number of nitrogens with one attached hydrogen (secondary N) is 3. The Bertz CT molecular complexity index is 1620. The molecule has 0 saturated carbocycles. The number of rotatable bonds is 6. The van der Waals surface area contributed by atoms with Crippen molar-refractivity contribution in [3.05, 3.63) is 88.4 Å². The molecule has 4 heterocycles. The number of urea groups is 1. The predicted molar refractivity (Wildman–Crippen MR) is 139 cm³/mol. The second-order valence-electron chi connectivity index (χ2n) is 8.91. The van der Waals surface area contributed by atoms with Crippen LogP contribution in [0.3, 0.4) is 0 Å². The molecule has 0 spiro atoms. The highest BCUT2D eigenvalue weighted by Crippen LogP contribution is 2.39. The molecular weight excluding hydrogens is 552 g/mol. The normalized spacial score (nSPS) is 18.1. The van der Waals surface area contributed by atoms with Crippen LogP contribution >= 0.6 is 11.3 Å². The van der Waals surface area contributed by atoms with E-state index in [1.54, 1.807) is 19.1 Å². The number of anilines is 1. The molecule has 40 heavy (non-hydrogen) atoms. The molecule has 0 saturated heterocycles. The number of hydrogen-bond donors (Lipinski definition) is 3. The smallest absolute Gasteiger partial charge is 0.372 e.